The van der Waals surface area contributed by atoms with Gasteiger partial charge in [-0.2, -0.15) is 0 Å². The second kappa shape index (κ2) is 7.02. The highest BCUT2D eigenvalue weighted by molar-refractivity contribution is 5.74. The van der Waals surface area contributed by atoms with Gasteiger partial charge in [0.25, 0.3) is 0 Å². The summed E-state index contributed by atoms with van der Waals surface area (Å²) in [5, 5.41) is 0. The molecular weight excluding hydrogens is 330 g/mol. The predicted molar refractivity (Wildman–Crippen MR) is 98.8 cm³/mol. The van der Waals surface area contributed by atoms with Gasteiger partial charge in [-0.15, -0.1) is 0 Å². The summed E-state index contributed by atoms with van der Waals surface area (Å²) in [6.45, 7) is 5.68. The summed E-state index contributed by atoms with van der Waals surface area (Å²) in [6.07, 6.45) is 9.28. The molecule has 6 heteroatoms. The van der Waals surface area contributed by atoms with Gasteiger partial charge in [-0.25, -0.2) is 4.79 Å². The van der Waals surface area contributed by atoms with E-state index >= 15 is 0 Å². The van der Waals surface area contributed by atoms with E-state index in [9.17, 15) is 9.59 Å². The number of nitrogens with zero attached hydrogens (tertiary/aromatic N) is 3. The number of carbonyl (C=O) groups is 2. The van der Waals surface area contributed by atoms with Crippen LogP contribution in [0.5, 0.6) is 0 Å². The van der Waals surface area contributed by atoms with Crippen molar-refractivity contribution in [3.8, 4) is 0 Å². The van der Waals surface area contributed by atoms with E-state index in [1.54, 1.807) is 6.92 Å². The minimum absolute atomic E-state index is 0.175. The average Bonchev–Trinajstić information content (AvgIpc) is 3.01. The van der Waals surface area contributed by atoms with E-state index < -0.39 is 0 Å². The minimum atomic E-state index is -0.175. The zero-order chi connectivity index (χ0) is 18.3. The fourth-order valence-electron chi connectivity index (χ4n) is 5.76. The van der Waals surface area contributed by atoms with Crippen molar-refractivity contribution in [2.45, 2.75) is 76.4 Å². The molecule has 0 aromatic carbocycles. The summed E-state index contributed by atoms with van der Waals surface area (Å²) < 4.78 is 4.87. The fraction of sp³-hybridized carbons (Fsp3) is 0.900. The maximum Gasteiger partial charge on any atom is 0.409 e. The zero-order valence-electron chi connectivity index (χ0n) is 16.3. The first kappa shape index (κ1) is 18.1. The van der Waals surface area contributed by atoms with Gasteiger partial charge in [0, 0.05) is 51.2 Å². The molecule has 2 saturated heterocycles. The van der Waals surface area contributed by atoms with E-state index in [-0.39, 0.29) is 12.0 Å². The van der Waals surface area contributed by atoms with Gasteiger partial charge in [0.05, 0.1) is 7.11 Å². The molecule has 1 spiro atoms. The number of carbonyl (C=O) groups excluding carboxylic acids is 2. The summed E-state index contributed by atoms with van der Waals surface area (Å²) in [6, 6.07) is 1.63. The molecule has 6 nitrogen and oxygen atoms in total. The molecule has 0 bridgehead atoms. The van der Waals surface area contributed by atoms with Crippen LogP contribution in [0.15, 0.2) is 0 Å². The lowest BCUT2D eigenvalue weighted by molar-refractivity contribution is -0.137. The Balaban J connectivity index is 1.25. The second-order valence-corrected chi connectivity index (χ2v) is 8.98. The molecule has 2 aliphatic carbocycles. The number of hydrogen-bond donors (Lipinski definition) is 0. The van der Waals surface area contributed by atoms with Crippen LogP contribution in [0.3, 0.4) is 0 Å². The number of methoxy groups -OCH3 is 1. The molecule has 4 aliphatic rings. The molecule has 0 radical (unpaired) electrons. The molecule has 26 heavy (non-hydrogen) atoms. The zero-order valence-corrected chi connectivity index (χ0v) is 16.3. The summed E-state index contributed by atoms with van der Waals surface area (Å²) in [4.78, 5) is 30.5. The van der Waals surface area contributed by atoms with Crippen molar-refractivity contribution in [1.82, 2.24) is 14.7 Å². The van der Waals surface area contributed by atoms with Gasteiger partial charge in [-0.05, 0) is 56.8 Å². The molecule has 2 amide bonds. The minimum Gasteiger partial charge on any atom is -0.453 e. The average molecular weight is 364 g/mol. The van der Waals surface area contributed by atoms with Crippen LogP contribution in [0.1, 0.15) is 58.3 Å². The van der Waals surface area contributed by atoms with Gasteiger partial charge in [0.2, 0.25) is 5.91 Å². The third-order valence-corrected chi connectivity index (χ3v) is 7.45. The highest BCUT2D eigenvalue weighted by atomic mass is 16.5. The van der Waals surface area contributed by atoms with Crippen LogP contribution in [0.4, 0.5) is 4.79 Å². The first-order valence-electron chi connectivity index (χ1n) is 10.4. The molecule has 146 valence electrons. The third-order valence-electron chi connectivity index (χ3n) is 7.45. The molecule has 2 saturated carbocycles. The third kappa shape index (κ3) is 3.21. The van der Waals surface area contributed by atoms with Gasteiger partial charge >= 0.3 is 6.09 Å². The molecule has 4 fully saturated rings. The topological polar surface area (TPSA) is 53.1 Å². The highest BCUT2D eigenvalue weighted by Crippen LogP contribution is 2.50. The molecule has 4 rings (SSSR count). The maximum atomic E-state index is 12.1. The Kier molecular flexibility index (Phi) is 4.88. The van der Waals surface area contributed by atoms with Gasteiger partial charge in [0.15, 0.2) is 0 Å². The number of ether oxygens (including phenoxy) is 1. The van der Waals surface area contributed by atoms with Crippen LogP contribution in [0, 0.1) is 5.41 Å². The number of likely N-dealkylation sites (tertiary alicyclic amines) is 2. The van der Waals surface area contributed by atoms with Crippen molar-refractivity contribution < 1.29 is 14.3 Å². The van der Waals surface area contributed by atoms with Gasteiger partial charge in [-0.1, -0.05) is 0 Å². The van der Waals surface area contributed by atoms with Crippen molar-refractivity contribution in [2.24, 2.45) is 5.41 Å². The van der Waals surface area contributed by atoms with Crippen molar-refractivity contribution in [3.63, 3.8) is 0 Å². The van der Waals surface area contributed by atoms with Gasteiger partial charge in [-0.3, -0.25) is 4.79 Å². The summed E-state index contributed by atoms with van der Waals surface area (Å²) in [5.41, 5.74) is 0.340. The van der Waals surface area contributed by atoms with Gasteiger partial charge < -0.3 is 19.4 Å². The lowest BCUT2D eigenvalue weighted by atomic mass is 9.64. The second-order valence-electron chi connectivity index (χ2n) is 8.98. The van der Waals surface area contributed by atoms with Crippen LogP contribution in [-0.4, -0.2) is 78.1 Å². The van der Waals surface area contributed by atoms with E-state index in [1.807, 2.05) is 4.90 Å². The summed E-state index contributed by atoms with van der Waals surface area (Å²) in [7, 11) is 1.47. The quantitative estimate of drug-likeness (QED) is 0.773. The lowest BCUT2D eigenvalue weighted by Crippen LogP contribution is -2.58. The SMILES string of the molecule is COC(=O)N1CCC2(CC(N3CCC(N(C(C)=O)C4CCC4)CC3)C2)C1. The Morgan fingerprint density at radius 1 is 1.04 bits per heavy atom. The lowest BCUT2D eigenvalue weighted by Gasteiger charge is -2.53. The van der Waals surface area contributed by atoms with E-state index in [0.29, 0.717) is 23.5 Å². The summed E-state index contributed by atoms with van der Waals surface area (Å²) >= 11 is 0. The monoisotopic (exact) mass is 363 g/mol. The Hall–Kier alpha value is -1.30. The van der Waals surface area contributed by atoms with E-state index in [1.165, 1.54) is 39.2 Å². The van der Waals surface area contributed by atoms with E-state index in [2.05, 4.69) is 9.80 Å². The van der Waals surface area contributed by atoms with Crippen LogP contribution >= 0.6 is 0 Å². The number of amides is 2. The number of rotatable bonds is 3. The standard InChI is InChI=1S/C20H33N3O3/c1-15(24)23(16-4-3-5-16)17-6-9-21(10-7-17)18-12-20(13-18)8-11-22(14-20)19(25)26-2/h16-18H,3-14H2,1-2H3. The van der Waals surface area contributed by atoms with Crippen molar-refractivity contribution in [2.75, 3.05) is 33.3 Å². The largest absolute Gasteiger partial charge is 0.453 e. The first-order valence-corrected chi connectivity index (χ1v) is 10.4. The molecular formula is C20H33N3O3. The van der Waals surface area contributed by atoms with Crippen LogP contribution in [0.25, 0.3) is 0 Å². The fourth-order valence-corrected chi connectivity index (χ4v) is 5.76. The van der Waals surface area contributed by atoms with Crippen molar-refractivity contribution in [1.29, 1.82) is 0 Å². The van der Waals surface area contributed by atoms with Crippen LogP contribution in [-0.2, 0) is 9.53 Å². The summed E-state index contributed by atoms with van der Waals surface area (Å²) in [5.74, 6) is 0.268. The van der Waals surface area contributed by atoms with Crippen molar-refractivity contribution in [3.05, 3.63) is 0 Å². The number of piperidine rings is 1. The smallest absolute Gasteiger partial charge is 0.409 e. The number of hydrogen-bond acceptors (Lipinski definition) is 4. The van der Waals surface area contributed by atoms with Crippen molar-refractivity contribution >= 4 is 12.0 Å². The molecule has 2 aliphatic heterocycles. The van der Waals surface area contributed by atoms with E-state index in [4.69, 9.17) is 4.74 Å². The first-order chi connectivity index (χ1) is 12.5. The molecule has 0 N–H and O–H groups in total. The predicted octanol–water partition coefficient (Wildman–Crippen LogP) is 2.47. The highest BCUT2D eigenvalue weighted by Gasteiger charge is 2.51. The van der Waals surface area contributed by atoms with Gasteiger partial charge in [0.1, 0.15) is 0 Å². The Bertz CT molecular complexity index is 549. The normalized spacial score (nSPS) is 33.0. The Labute approximate surface area is 156 Å². The molecule has 2 heterocycles. The Morgan fingerprint density at radius 3 is 2.23 bits per heavy atom. The molecule has 0 aromatic rings. The molecule has 0 atom stereocenters. The van der Waals surface area contributed by atoms with Crippen LogP contribution < -0.4 is 0 Å². The molecule has 0 unspecified atom stereocenters. The maximum absolute atomic E-state index is 12.1. The Morgan fingerprint density at radius 2 is 1.69 bits per heavy atom. The molecule has 0 aromatic heterocycles. The van der Waals surface area contributed by atoms with Crippen LogP contribution in [0.2, 0.25) is 0 Å². The van der Waals surface area contributed by atoms with E-state index in [0.717, 1.165) is 45.4 Å².